The summed E-state index contributed by atoms with van der Waals surface area (Å²) < 4.78 is 13.8. The number of carbonyl (C=O) groups excluding carboxylic acids is 1. The number of fused-ring (bicyclic) bond motifs is 2. The molecule has 0 saturated heterocycles. The van der Waals surface area contributed by atoms with Gasteiger partial charge in [-0.05, 0) is 24.1 Å². The molecule has 4 rings (SSSR count). The van der Waals surface area contributed by atoms with Crippen molar-refractivity contribution in [3.8, 4) is 11.5 Å². The SMILES string of the molecule is Cn1ncc2c(=O)n(CC(=O)NCCc3cc(Cl)c4c(c3)OCCO4)cnc21. The molecule has 0 atom stereocenters. The van der Waals surface area contributed by atoms with E-state index in [0.29, 0.717) is 53.7 Å². The number of rotatable bonds is 5. The predicted octanol–water partition coefficient (Wildman–Crippen LogP) is 0.913. The van der Waals surface area contributed by atoms with Crippen LogP contribution in [0.1, 0.15) is 5.56 Å². The topological polar surface area (TPSA) is 100 Å². The van der Waals surface area contributed by atoms with E-state index >= 15 is 0 Å². The van der Waals surface area contributed by atoms with E-state index in [4.69, 9.17) is 21.1 Å². The molecular formula is C18H18ClN5O4. The second-order valence-corrected chi connectivity index (χ2v) is 6.79. The second kappa shape index (κ2) is 7.51. The number of nitrogens with zero attached hydrogens (tertiary/aromatic N) is 4. The minimum absolute atomic E-state index is 0.113. The van der Waals surface area contributed by atoms with Crippen molar-refractivity contribution in [1.29, 1.82) is 0 Å². The number of halogens is 1. The van der Waals surface area contributed by atoms with Crippen LogP contribution in [-0.2, 0) is 24.8 Å². The molecule has 2 aromatic heterocycles. The van der Waals surface area contributed by atoms with Gasteiger partial charge in [0.15, 0.2) is 17.1 Å². The Bertz CT molecular complexity index is 1110. The first-order valence-corrected chi connectivity index (χ1v) is 9.12. The molecule has 1 aliphatic rings. The molecular weight excluding hydrogens is 386 g/mol. The van der Waals surface area contributed by atoms with Crippen molar-refractivity contribution in [3.05, 3.63) is 45.6 Å². The van der Waals surface area contributed by atoms with E-state index in [9.17, 15) is 9.59 Å². The van der Waals surface area contributed by atoms with Crippen molar-refractivity contribution in [3.63, 3.8) is 0 Å². The zero-order chi connectivity index (χ0) is 19.7. The van der Waals surface area contributed by atoms with Crippen molar-refractivity contribution < 1.29 is 14.3 Å². The molecule has 0 fully saturated rings. The van der Waals surface area contributed by atoms with Gasteiger partial charge in [-0.1, -0.05) is 11.6 Å². The van der Waals surface area contributed by atoms with Crippen LogP contribution >= 0.6 is 11.6 Å². The summed E-state index contributed by atoms with van der Waals surface area (Å²) in [5, 5.41) is 7.67. The van der Waals surface area contributed by atoms with E-state index < -0.39 is 0 Å². The van der Waals surface area contributed by atoms with Gasteiger partial charge < -0.3 is 14.8 Å². The molecule has 3 aromatic rings. The van der Waals surface area contributed by atoms with Gasteiger partial charge in [0.1, 0.15) is 31.5 Å². The number of aryl methyl sites for hydroxylation is 1. The highest BCUT2D eigenvalue weighted by Gasteiger charge is 2.17. The van der Waals surface area contributed by atoms with Crippen LogP contribution in [0.3, 0.4) is 0 Å². The quantitative estimate of drug-likeness (QED) is 0.679. The van der Waals surface area contributed by atoms with Gasteiger partial charge in [0.25, 0.3) is 5.56 Å². The van der Waals surface area contributed by atoms with E-state index in [1.807, 2.05) is 6.07 Å². The van der Waals surface area contributed by atoms with E-state index in [-0.39, 0.29) is 18.0 Å². The van der Waals surface area contributed by atoms with Gasteiger partial charge in [-0.3, -0.25) is 18.8 Å². The fourth-order valence-corrected chi connectivity index (χ4v) is 3.33. The summed E-state index contributed by atoms with van der Waals surface area (Å²) in [4.78, 5) is 28.8. The average Bonchev–Trinajstić information content (AvgIpc) is 3.06. The van der Waals surface area contributed by atoms with Crippen molar-refractivity contribution in [2.24, 2.45) is 7.05 Å². The molecule has 1 aromatic carbocycles. The van der Waals surface area contributed by atoms with Crippen molar-refractivity contribution in [2.75, 3.05) is 19.8 Å². The first-order chi connectivity index (χ1) is 13.5. The molecule has 0 bridgehead atoms. The monoisotopic (exact) mass is 403 g/mol. The summed E-state index contributed by atoms with van der Waals surface area (Å²) in [6.07, 6.45) is 3.37. The summed E-state index contributed by atoms with van der Waals surface area (Å²) in [6.45, 7) is 1.24. The molecule has 0 spiro atoms. The third-order valence-electron chi connectivity index (χ3n) is 4.42. The van der Waals surface area contributed by atoms with Crippen LogP contribution in [0.5, 0.6) is 11.5 Å². The third kappa shape index (κ3) is 3.53. The van der Waals surface area contributed by atoms with Gasteiger partial charge in [0, 0.05) is 13.6 Å². The normalized spacial score (nSPS) is 12.9. The Hall–Kier alpha value is -3.07. The van der Waals surface area contributed by atoms with Crippen LogP contribution in [0.2, 0.25) is 5.02 Å². The van der Waals surface area contributed by atoms with Gasteiger partial charge in [0.05, 0.1) is 11.2 Å². The molecule has 0 aliphatic carbocycles. The average molecular weight is 404 g/mol. The lowest BCUT2D eigenvalue weighted by Gasteiger charge is -2.20. The molecule has 9 nitrogen and oxygen atoms in total. The van der Waals surface area contributed by atoms with Crippen LogP contribution < -0.4 is 20.3 Å². The van der Waals surface area contributed by atoms with Crippen LogP contribution in [0.15, 0.2) is 29.5 Å². The molecule has 1 aliphatic heterocycles. The highest BCUT2D eigenvalue weighted by atomic mass is 35.5. The van der Waals surface area contributed by atoms with Gasteiger partial charge in [0.2, 0.25) is 5.91 Å². The van der Waals surface area contributed by atoms with Crippen LogP contribution in [0.25, 0.3) is 11.0 Å². The maximum Gasteiger partial charge on any atom is 0.264 e. The molecule has 1 N–H and O–H groups in total. The number of nitrogens with one attached hydrogen (secondary N) is 1. The first-order valence-electron chi connectivity index (χ1n) is 8.75. The lowest BCUT2D eigenvalue weighted by molar-refractivity contribution is -0.121. The summed E-state index contributed by atoms with van der Waals surface area (Å²) in [6, 6.07) is 3.66. The number of ether oxygens (including phenoxy) is 2. The highest BCUT2D eigenvalue weighted by Crippen LogP contribution is 2.38. The lowest BCUT2D eigenvalue weighted by atomic mass is 10.1. The number of hydrogen-bond acceptors (Lipinski definition) is 6. The Morgan fingerprint density at radius 2 is 2.14 bits per heavy atom. The fraction of sp³-hybridized carbons (Fsp3) is 0.333. The molecule has 0 radical (unpaired) electrons. The van der Waals surface area contributed by atoms with Crippen LogP contribution in [-0.4, -0.2) is 45.0 Å². The standard InChI is InChI=1S/C18H18ClN5O4/c1-23-17-12(8-22-23)18(26)24(10-21-17)9-15(25)20-3-2-11-6-13(19)16-14(7-11)27-4-5-28-16/h6-8,10H,2-5,9H2,1H3,(H,20,25). The Labute approximate surface area is 164 Å². The lowest BCUT2D eigenvalue weighted by Crippen LogP contribution is -2.33. The molecule has 0 unspecified atom stereocenters. The number of aromatic nitrogens is 4. The molecule has 1 amide bonds. The molecule has 28 heavy (non-hydrogen) atoms. The van der Waals surface area contributed by atoms with Gasteiger partial charge in [-0.15, -0.1) is 0 Å². The Kier molecular flexibility index (Phi) is 4.91. The summed E-state index contributed by atoms with van der Waals surface area (Å²) in [5.74, 6) is 0.886. The fourth-order valence-electron chi connectivity index (χ4n) is 3.04. The molecule has 146 valence electrons. The minimum Gasteiger partial charge on any atom is -0.486 e. The van der Waals surface area contributed by atoms with E-state index in [0.717, 1.165) is 5.56 Å². The highest BCUT2D eigenvalue weighted by molar-refractivity contribution is 6.32. The second-order valence-electron chi connectivity index (χ2n) is 6.38. The van der Waals surface area contributed by atoms with Crippen molar-refractivity contribution in [2.45, 2.75) is 13.0 Å². The number of hydrogen-bond donors (Lipinski definition) is 1. The summed E-state index contributed by atoms with van der Waals surface area (Å²) in [7, 11) is 1.70. The Morgan fingerprint density at radius 1 is 1.32 bits per heavy atom. The van der Waals surface area contributed by atoms with Crippen LogP contribution in [0.4, 0.5) is 0 Å². The summed E-state index contributed by atoms with van der Waals surface area (Å²) >= 11 is 6.22. The molecule has 0 saturated carbocycles. The maximum atomic E-state index is 12.4. The third-order valence-corrected chi connectivity index (χ3v) is 4.71. The largest absolute Gasteiger partial charge is 0.486 e. The van der Waals surface area contributed by atoms with Crippen molar-refractivity contribution >= 4 is 28.5 Å². The minimum atomic E-state index is -0.299. The Balaban J connectivity index is 1.37. The van der Waals surface area contributed by atoms with E-state index in [2.05, 4.69) is 15.4 Å². The maximum absolute atomic E-state index is 12.4. The van der Waals surface area contributed by atoms with Gasteiger partial charge in [-0.25, -0.2) is 4.98 Å². The number of benzene rings is 1. The first kappa shape index (κ1) is 18.3. The summed E-state index contributed by atoms with van der Waals surface area (Å²) in [5.41, 5.74) is 1.11. The predicted molar refractivity (Wildman–Crippen MR) is 102 cm³/mol. The molecule has 3 heterocycles. The zero-order valence-electron chi connectivity index (χ0n) is 15.1. The van der Waals surface area contributed by atoms with Gasteiger partial charge in [-0.2, -0.15) is 5.10 Å². The van der Waals surface area contributed by atoms with Crippen molar-refractivity contribution in [1.82, 2.24) is 24.6 Å². The van der Waals surface area contributed by atoms with Crippen LogP contribution in [0, 0.1) is 0 Å². The van der Waals surface area contributed by atoms with E-state index in [1.54, 1.807) is 13.1 Å². The van der Waals surface area contributed by atoms with Gasteiger partial charge >= 0.3 is 0 Å². The molecule has 10 heteroatoms. The van der Waals surface area contributed by atoms with E-state index in [1.165, 1.54) is 21.8 Å². The smallest absolute Gasteiger partial charge is 0.264 e. The zero-order valence-corrected chi connectivity index (χ0v) is 15.9. The number of amides is 1. The number of carbonyl (C=O) groups is 1. The Morgan fingerprint density at radius 3 is 3.00 bits per heavy atom.